The van der Waals surface area contributed by atoms with Crippen LogP contribution in [0.3, 0.4) is 0 Å². The molecule has 0 spiro atoms. The molecule has 0 aliphatic heterocycles. The van der Waals surface area contributed by atoms with E-state index in [2.05, 4.69) is 4.98 Å². The van der Waals surface area contributed by atoms with Crippen molar-refractivity contribution in [1.82, 2.24) is 4.98 Å². The van der Waals surface area contributed by atoms with Crippen LogP contribution >= 0.6 is 11.3 Å². The van der Waals surface area contributed by atoms with Crippen molar-refractivity contribution >= 4 is 23.5 Å². The van der Waals surface area contributed by atoms with Gasteiger partial charge in [-0.3, -0.25) is 0 Å². The molecule has 3 aromatic rings. The fraction of sp³-hybridized carbons (Fsp3) is 0.105. The van der Waals surface area contributed by atoms with Crippen molar-refractivity contribution in [3.63, 3.8) is 0 Å². The average molecular weight is 341 g/mol. The molecule has 3 nitrogen and oxygen atoms in total. The normalized spacial score (nSPS) is 11.0. The molecule has 1 aromatic heterocycles. The van der Waals surface area contributed by atoms with Gasteiger partial charge in [-0.15, -0.1) is 11.3 Å². The van der Waals surface area contributed by atoms with Crippen LogP contribution in [0.4, 0.5) is 4.39 Å². The minimum atomic E-state index is -0.249. The molecule has 0 unspecified atom stereocenters. The fourth-order valence-corrected chi connectivity index (χ4v) is 2.95. The molecule has 2 aromatic carbocycles. The van der Waals surface area contributed by atoms with E-state index in [4.69, 9.17) is 9.47 Å². The van der Waals surface area contributed by atoms with Crippen LogP contribution < -0.4 is 9.47 Å². The zero-order valence-corrected chi connectivity index (χ0v) is 14.1. The molecule has 24 heavy (non-hydrogen) atoms. The van der Waals surface area contributed by atoms with Gasteiger partial charge in [-0.25, -0.2) is 9.37 Å². The van der Waals surface area contributed by atoms with E-state index < -0.39 is 0 Å². The van der Waals surface area contributed by atoms with Crippen molar-refractivity contribution in [3.05, 3.63) is 64.2 Å². The minimum absolute atomic E-state index is 0.249. The molecule has 0 aliphatic carbocycles. The largest absolute Gasteiger partial charge is 0.497 e. The second-order valence-electron chi connectivity index (χ2n) is 5.02. The first-order valence-corrected chi connectivity index (χ1v) is 8.19. The zero-order chi connectivity index (χ0) is 16.9. The quantitative estimate of drug-likeness (QED) is 0.644. The second-order valence-corrected chi connectivity index (χ2v) is 5.91. The summed E-state index contributed by atoms with van der Waals surface area (Å²) < 4.78 is 23.6. The number of methoxy groups -OCH3 is 2. The summed E-state index contributed by atoms with van der Waals surface area (Å²) >= 11 is 1.53. The highest BCUT2D eigenvalue weighted by atomic mass is 32.1. The van der Waals surface area contributed by atoms with Gasteiger partial charge in [0.1, 0.15) is 22.3 Å². The van der Waals surface area contributed by atoms with Crippen LogP contribution in [0, 0.1) is 5.82 Å². The van der Waals surface area contributed by atoms with E-state index in [1.54, 1.807) is 26.4 Å². The third kappa shape index (κ3) is 3.63. The van der Waals surface area contributed by atoms with Crippen LogP contribution in [0.25, 0.3) is 23.4 Å². The molecule has 5 heteroatoms. The smallest absolute Gasteiger partial charge is 0.129 e. The molecule has 0 N–H and O–H groups in total. The van der Waals surface area contributed by atoms with E-state index in [9.17, 15) is 4.39 Å². The summed E-state index contributed by atoms with van der Waals surface area (Å²) in [5.41, 5.74) is 2.67. The Labute approximate surface area is 144 Å². The SMILES string of the molecule is COc1ccc(/C=C/c2nc(-c3ccc(F)cc3)cs2)c(OC)c1. The molecular formula is C19H16FNO2S. The maximum atomic E-state index is 13.0. The van der Waals surface area contributed by atoms with Gasteiger partial charge in [0, 0.05) is 22.6 Å². The van der Waals surface area contributed by atoms with Crippen molar-refractivity contribution in [2.75, 3.05) is 14.2 Å². The maximum Gasteiger partial charge on any atom is 0.129 e. The summed E-state index contributed by atoms with van der Waals surface area (Å²) in [6.07, 6.45) is 3.88. The lowest BCUT2D eigenvalue weighted by atomic mass is 10.1. The van der Waals surface area contributed by atoms with Crippen LogP contribution in [0.15, 0.2) is 47.8 Å². The number of rotatable bonds is 5. The predicted molar refractivity (Wildman–Crippen MR) is 96.0 cm³/mol. The lowest BCUT2D eigenvalue weighted by molar-refractivity contribution is 0.394. The number of hydrogen-bond acceptors (Lipinski definition) is 4. The van der Waals surface area contributed by atoms with E-state index in [0.29, 0.717) is 0 Å². The molecular weight excluding hydrogens is 325 g/mol. The van der Waals surface area contributed by atoms with Crippen molar-refractivity contribution in [2.45, 2.75) is 0 Å². The van der Waals surface area contributed by atoms with Crippen LogP contribution in [0.1, 0.15) is 10.6 Å². The van der Waals surface area contributed by atoms with Gasteiger partial charge in [0.2, 0.25) is 0 Å². The Kier molecular flexibility index (Phi) is 4.91. The monoisotopic (exact) mass is 341 g/mol. The van der Waals surface area contributed by atoms with Gasteiger partial charge in [0.05, 0.1) is 19.9 Å². The molecule has 1 heterocycles. The van der Waals surface area contributed by atoms with Crippen molar-refractivity contribution < 1.29 is 13.9 Å². The van der Waals surface area contributed by atoms with E-state index in [0.717, 1.165) is 33.3 Å². The summed E-state index contributed by atoms with van der Waals surface area (Å²) in [5.74, 6) is 1.23. The lowest BCUT2D eigenvalue weighted by Crippen LogP contribution is -1.89. The zero-order valence-electron chi connectivity index (χ0n) is 13.3. The summed E-state index contributed by atoms with van der Waals surface area (Å²) in [4.78, 5) is 4.56. The second kappa shape index (κ2) is 7.27. The average Bonchev–Trinajstić information content (AvgIpc) is 3.09. The first-order valence-electron chi connectivity index (χ1n) is 7.31. The number of nitrogens with zero attached hydrogens (tertiary/aromatic N) is 1. The first kappa shape index (κ1) is 16.2. The van der Waals surface area contributed by atoms with E-state index in [1.165, 1.54) is 23.5 Å². The molecule has 0 atom stereocenters. The number of thiazole rings is 1. The molecule has 0 saturated carbocycles. The molecule has 0 fully saturated rings. The van der Waals surface area contributed by atoms with Gasteiger partial charge in [0.15, 0.2) is 0 Å². The van der Waals surface area contributed by atoms with Crippen LogP contribution in [0.5, 0.6) is 11.5 Å². The standard InChI is InChI=1S/C19H16FNO2S/c1-22-16-9-5-14(18(11-16)23-2)6-10-19-21-17(12-24-19)13-3-7-15(20)8-4-13/h3-12H,1-2H3/b10-6+. The number of benzene rings is 2. The number of ether oxygens (including phenoxy) is 2. The van der Waals surface area contributed by atoms with Crippen LogP contribution in [-0.4, -0.2) is 19.2 Å². The molecule has 0 amide bonds. The fourth-order valence-electron chi connectivity index (χ4n) is 2.23. The van der Waals surface area contributed by atoms with Crippen molar-refractivity contribution in [2.24, 2.45) is 0 Å². The molecule has 0 radical (unpaired) electrons. The maximum absolute atomic E-state index is 13.0. The Morgan fingerprint density at radius 3 is 2.50 bits per heavy atom. The molecule has 3 rings (SSSR count). The van der Waals surface area contributed by atoms with Gasteiger partial charge in [-0.1, -0.05) is 0 Å². The first-order chi connectivity index (χ1) is 11.7. The summed E-state index contributed by atoms with van der Waals surface area (Å²) in [6, 6.07) is 12.0. The van der Waals surface area contributed by atoms with Gasteiger partial charge >= 0.3 is 0 Å². The Morgan fingerprint density at radius 1 is 1.00 bits per heavy atom. The summed E-state index contributed by atoms with van der Waals surface area (Å²) in [5, 5.41) is 2.82. The highest BCUT2D eigenvalue weighted by Crippen LogP contribution is 2.27. The van der Waals surface area contributed by atoms with Gasteiger partial charge in [0.25, 0.3) is 0 Å². The van der Waals surface area contributed by atoms with E-state index in [1.807, 2.05) is 35.7 Å². The van der Waals surface area contributed by atoms with Gasteiger partial charge in [-0.05, 0) is 48.6 Å². The highest BCUT2D eigenvalue weighted by molar-refractivity contribution is 7.10. The third-order valence-electron chi connectivity index (χ3n) is 3.51. The van der Waals surface area contributed by atoms with Gasteiger partial charge < -0.3 is 9.47 Å². The summed E-state index contributed by atoms with van der Waals surface area (Å²) in [6.45, 7) is 0. The Balaban J connectivity index is 1.82. The minimum Gasteiger partial charge on any atom is -0.497 e. The van der Waals surface area contributed by atoms with Crippen molar-refractivity contribution in [1.29, 1.82) is 0 Å². The number of halogens is 1. The topological polar surface area (TPSA) is 31.4 Å². The van der Waals surface area contributed by atoms with Crippen LogP contribution in [0.2, 0.25) is 0 Å². The molecule has 0 saturated heterocycles. The van der Waals surface area contributed by atoms with Gasteiger partial charge in [-0.2, -0.15) is 0 Å². The summed E-state index contributed by atoms with van der Waals surface area (Å²) in [7, 11) is 3.25. The number of hydrogen-bond donors (Lipinski definition) is 0. The lowest BCUT2D eigenvalue weighted by Gasteiger charge is -2.06. The highest BCUT2D eigenvalue weighted by Gasteiger charge is 2.05. The van der Waals surface area contributed by atoms with E-state index in [-0.39, 0.29) is 5.82 Å². The Hall–Kier alpha value is -2.66. The van der Waals surface area contributed by atoms with Crippen molar-refractivity contribution in [3.8, 4) is 22.8 Å². The Bertz CT molecular complexity index is 856. The van der Waals surface area contributed by atoms with E-state index >= 15 is 0 Å². The van der Waals surface area contributed by atoms with Crippen LogP contribution in [-0.2, 0) is 0 Å². The Morgan fingerprint density at radius 2 is 1.79 bits per heavy atom. The molecule has 0 bridgehead atoms. The third-order valence-corrected chi connectivity index (χ3v) is 4.32. The predicted octanol–water partition coefficient (Wildman–Crippen LogP) is 5.14. The molecule has 122 valence electrons. The number of aromatic nitrogens is 1. The molecule has 0 aliphatic rings.